The Bertz CT molecular complexity index is 524. The van der Waals surface area contributed by atoms with Gasteiger partial charge in [0.2, 0.25) is 5.91 Å². The van der Waals surface area contributed by atoms with Crippen LogP contribution in [0.1, 0.15) is 63.0 Å². The number of carbonyl (C=O) groups is 1. The average Bonchev–Trinajstić information content (AvgIpc) is 2.60. The number of nitrogens with two attached hydrogens (primary N) is 1. The molecule has 4 nitrogen and oxygen atoms in total. The summed E-state index contributed by atoms with van der Waals surface area (Å²) in [6, 6.07) is 3.96. The third-order valence-corrected chi connectivity index (χ3v) is 5.29. The average molecular weight is 385 g/mol. The van der Waals surface area contributed by atoms with Gasteiger partial charge in [-0.3, -0.25) is 9.52 Å². The van der Waals surface area contributed by atoms with Crippen LogP contribution in [0.25, 0.3) is 0 Å². The van der Waals surface area contributed by atoms with E-state index in [0.717, 1.165) is 41.0 Å². The van der Waals surface area contributed by atoms with E-state index in [1.54, 1.807) is 7.11 Å². The number of thiol groups is 1. The normalized spacial score (nSPS) is 10.7. The van der Waals surface area contributed by atoms with Crippen molar-refractivity contribution in [1.82, 2.24) is 4.72 Å². The molecule has 0 aliphatic carbocycles. The first kappa shape index (κ1) is 22.2. The molecule has 1 amide bonds. The van der Waals surface area contributed by atoms with E-state index in [1.165, 1.54) is 37.6 Å². The van der Waals surface area contributed by atoms with Gasteiger partial charge in [-0.15, -0.1) is 12.6 Å². The Morgan fingerprint density at radius 3 is 2.64 bits per heavy atom. The molecule has 0 saturated carbocycles. The van der Waals surface area contributed by atoms with E-state index in [9.17, 15) is 4.79 Å². The van der Waals surface area contributed by atoms with Gasteiger partial charge in [0.25, 0.3) is 0 Å². The minimum absolute atomic E-state index is 0.110. The molecule has 0 bridgehead atoms. The van der Waals surface area contributed by atoms with E-state index in [4.69, 9.17) is 10.5 Å². The highest BCUT2D eigenvalue weighted by molar-refractivity contribution is 7.97. The van der Waals surface area contributed by atoms with Gasteiger partial charge >= 0.3 is 0 Å². The van der Waals surface area contributed by atoms with Crippen molar-refractivity contribution in [1.29, 1.82) is 0 Å². The van der Waals surface area contributed by atoms with Gasteiger partial charge in [0.05, 0.1) is 7.11 Å². The van der Waals surface area contributed by atoms with Gasteiger partial charge in [-0.2, -0.15) is 0 Å². The SMILES string of the molecule is CCCCCCCCC(=O)NSCc1ccc(S)c(OC)c1CCN. The summed E-state index contributed by atoms with van der Waals surface area (Å²) in [5.41, 5.74) is 7.93. The molecule has 0 unspecified atom stereocenters. The number of hydrogen-bond acceptors (Lipinski definition) is 5. The van der Waals surface area contributed by atoms with Gasteiger partial charge in [0, 0.05) is 22.6 Å². The minimum Gasteiger partial charge on any atom is -0.495 e. The van der Waals surface area contributed by atoms with Crippen molar-refractivity contribution in [2.75, 3.05) is 13.7 Å². The maximum atomic E-state index is 11.9. The summed E-state index contributed by atoms with van der Waals surface area (Å²) in [6.07, 6.45) is 8.50. The lowest BCUT2D eigenvalue weighted by Gasteiger charge is -2.15. The first-order valence-corrected chi connectivity index (χ1v) is 10.6. The third kappa shape index (κ3) is 8.38. The molecule has 0 radical (unpaired) electrons. The lowest BCUT2D eigenvalue weighted by Crippen LogP contribution is -2.16. The lowest BCUT2D eigenvalue weighted by atomic mass is 10.0. The molecule has 0 aromatic heterocycles. The summed E-state index contributed by atoms with van der Waals surface area (Å²) in [5, 5.41) is 0. The van der Waals surface area contributed by atoms with Crippen molar-refractivity contribution in [3.8, 4) is 5.75 Å². The van der Waals surface area contributed by atoms with E-state index in [1.807, 2.05) is 12.1 Å². The van der Waals surface area contributed by atoms with Crippen LogP contribution in [0.4, 0.5) is 0 Å². The second-order valence-electron chi connectivity index (χ2n) is 6.13. The quantitative estimate of drug-likeness (QED) is 0.266. The van der Waals surface area contributed by atoms with Crippen molar-refractivity contribution >= 4 is 30.5 Å². The summed E-state index contributed by atoms with van der Waals surface area (Å²) in [5.74, 6) is 1.59. The van der Waals surface area contributed by atoms with Crippen LogP contribution in [0.15, 0.2) is 17.0 Å². The van der Waals surface area contributed by atoms with Crippen molar-refractivity contribution < 1.29 is 9.53 Å². The fourth-order valence-corrected chi connectivity index (χ4v) is 3.81. The Hall–Kier alpha value is -0.850. The first-order valence-electron chi connectivity index (χ1n) is 9.12. The van der Waals surface area contributed by atoms with E-state index >= 15 is 0 Å². The molecule has 0 heterocycles. The molecule has 25 heavy (non-hydrogen) atoms. The van der Waals surface area contributed by atoms with Crippen LogP contribution in [0.5, 0.6) is 5.75 Å². The van der Waals surface area contributed by atoms with Crippen molar-refractivity contribution in [3.05, 3.63) is 23.3 Å². The second kappa shape index (κ2) is 13.4. The smallest absolute Gasteiger partial charge is 0.229 e. The highest BCUT2D eigenvalue weighted by Gasteiger charge is 2.12. The molecule has 142 valence electrons. The lowest BCUT2D eigenvalue weighted by molar-refractivity contribution is -0.119. The van der Waals surface area contributed by atoms with Crippen molar-refractivity contribution in [2.45, 2.75) is 68.9 Å². The zero-order chi connectivity index (χ0) is 18.5. The standard InChI is InChI=1S/C19H32N2O2S2/c1-3-4-5-6-7-8-9-18(22)21-25-14-15-10-11-17(24)19(23-2)16(15)12-13-20/h10-11,24H,3-9,12-14,20H2,1-2H3,(H,21,22). The molecule has 6 heteroatoms. The fraction of sp³-hybridized carbons (Fsp3) is 0.632. The van der Waals surface area contributed by atoms with Crippen LogP contribution in [0.3, 0.4) is 0 Å². The van der Waals surface area contributed by atoms with Crippen LogP contribution >= 0.6 is 24.6 Å². The minimum atomic E-state index is 0.110. The van der Waals surface area contributed by atoms with E-state index in [-0.39, 0.29) is 5.91 Å². The van der Waals surface area contributed by atoms with E-state index in [0.29, 0.717) is 18.7 Å². The van der Waals surface area contributed by atoms with E-state index < -0.39 is 0 Å². The number of hydrogen-bond donors (Lipinski definition) is 3. The molecule has 3 N–H and O–H groups in total. The summed E-state index contributed by atoms with van der Waals surface area (Å²) in [6.45, 7) is 2.76. The Balaban J connectivity index is 2.39. The molecule has 0 aliphatic heterocycles. The monoisotopic (exact) mass is 384 g/mol. The maximum Gasteiger partial charge on any atom is 0.229 e. The molecule has 1 aromatic carbocycles. The van der Waals surface area contributed by atoms with Crippen molar-refractivity contribution in [2.24, 2.45) is 5.73 Å². The summed E-state index contributed by atoms with van der Waals surface area (Å²) >= 11 is 5.87. The van der Waals surface area contributed by atoms with Gasteiger partial charge in [0.1, 0.15) is 5.75 Å². The molecule has 0 spiro atoms. The summed E-state index contributed by atoms with van der Waals surface area (Å²) in [4.78, 5) is 12.7. The van der Waals surface area contributed by atoms with Crippen LogP contribution in [-0.2, 0) is 17.0 Å². The van der Waals surface area contributed by atoms with E-state index in [2.05, 4.69) is 24.3 Å². The Labute approximate surface area is 162 Å². The summed E-state index contributed by atoms with van der Waals surface area (Å²) in [7, 11) is 1.65. The van der Waals surface area contributed by atoms with Crippen molar-refractivity contribution in [3.63, 3.8) is 0 Å². The van der Waals surface area contributed by atoms with Gasteiger partial charge in [-0.25, -0.2) is 0 Å². The zero-order valence-electron chi connectivity index (χ0n) is 15.5. The zero-order valence-corrected chi connectivity index (χ0v) is 17.2. The molecule has 0 fully saturated rings. The number of benzene rings is 1. The Kier molecular flexibility index (Phi) is 11.9. The molecule has 0 saturated heterocycles. The molecule has 1 rings (SSSR count). The number of ether oxygens (including phenoxy) is 1. The number of unbranched alkanes of at least 4 members (excludes halogenated alkanes) is 5. The predicted octanol–water partition coefficient (Wildman–Crippen LogP) is 4.50. The van der Waals surface area contributed by atoms with Gasteiger partial charge in [-0.1, -0.05) is 45.1 Å². The number of amides is 1. The van der Waals surface area contributed by atoms with Crippen LogP contribution in [0.2, 0.25) is 0 Å². The summed E-state index contributed by atoms with van der Waals surface area (Å²) < 4.78 is 8.40. The highest BCUT2D eigenvalue weighted by Crippen LogP contribution is 2.31. The third-order valence-electron chi connectivity index (χ3n) is 4.11. The Morgan fingerprint density at radius 2 is 1.96 bits per heavy atom. The Morgan fingerprint density at radius 1 is 1.24 bits per heavy atom. The van der Waals surface area contributed by atoms with Gasteiger partial charge < -0.3 is 10.5 Å². The first-order chi connectivity index (χ1) is 12.1. The fourth-order valence-electron chi connectivity index (χ4n) is 2.75. The molecular weight excluding hydrogens is 352 g/mol. The van der Waals surface area contributed by atoms with Crippen LogP contribution < -0.4 is 15.2 Å². The molecule has 0 aliphatic rings. The second-order valence-corrected chi connectivity index (χ2v) is 7.39. The largest absolute Gasteiger partial charge is 0.495 e. The molecule has 1 aromatic rings. The maximum absolute atomic E-state index is 11.9. The number of rotatable bonds is 13. The molecular formula is C19H32N2O2S2. The van der Waals surface area contributed by atoms with Gasteiger partial charge in [0.15, 0.2) is 0 Å². The van der Waals surface area contributed by atoms with Gasteiger partial charge in [-0.05, 0) is 43.0 Å². The number of nitrogens with one attached hydrogen (secondary N) is 1. The molecule has 0 atom stereocenters. The predicted molar refractivity (Wildman–Crippen MR) is 110 cm³/mol. The van der Waals surface area contributed by atoms with Crippen LogP contribution in [-0.4, -0.2) is 19.6 Å². The number of carbonyl (C=O) groups excluding carboxylic acids is 1. The van der Waals surface area contributed by atoms with Crippen LogP contribution in [0, 0.1) is 0 Å². The highest BCUT2D eigenvalue weighted by atomic mass is 32.2. The number of methoxy groups -OCH3 is 1. The topological polar surface area (TPSA) is 64.3 Å².